The topological polar surface area (TPSA) is 40.5 Å². The van der Waals surface area contributed by atoms with E-state index in [0.29, 0.717) is 18.5 Å². The van der Waals surface area contributed by atoms with E-state index >= 15 is 0 Å². The van der Waals surface area contributed by atoms with Crippen LogP contribution in [0.2, 0.25) is 0 Å². The zero-order valence-electron chi connectivity index (χ0n) is 10.1. The zero-order valence-corrected chi connectivity index (χ0v) is 10.1. The van der Waals surface area contributed by atoms with Crippen molar-refractivity contribution in [1.29, 1.82) is 0 Å². The maximum absolute atomic E-state index is 13.1. The molecule has 3 nitrogen and oxygen atoms in total. The number of carbonyl (C=O) groups is 1. The van der Waals surface area contributed by atoms with Gasteiger partial charge in [0.1, 0.15) is 0 Å². The fourth-order valence-corrected chi connectivity index (χ4v) is 2.21. The van der Waals surface area contributed by atoms with Crippen molar-refractivity contribution < 1.29 is 18.7 Å². The number of anilines is 1. The minimum atomic E-state index is -0.987. The lowest BCUT2D eigenvalue weighted by atomic mass is 9.68. The SMILES string of the molecule is CN(C(=O)C1(CO)CCC1)c1ccc(F)c(F)c1. The van der Waals surface area contributed by atoms with Crippen LogP contribution in [-0.4, -0.2) is 24.7 Å². The van der Waals surface area contributed by atoms with Crippen LogP contribution in [0.4, 0.5) is 14.5 Å². The Morgan fingerprint density at radius 2 is 2.06 bits per heavy atom. The second kappa shape index (κ2) is 4.65. The van der Waals surface area contributed by atoms with Gasteiger partial charge in [-0.1, -0.05) is 6.42 Å². The Kier molecular flexibility index (Phi) is 3.34. The highest BCUT2D eigenvalue weighted by atomic mass is 19.2. The van der Waals surface area contributed by atoms with Crippen molar-refractivity contribution >= 4 is 11.6 Å². The van der Waals surface area contributed by atoms with Crippen molar-refractivity contribution in [3.8, 4) is 0 Å². The maximum Gasteiger partial charge on any atom is 0.235 e. The van der Waals surface area contributed by atoms with Crippen molar-refractivity contribution in [2.45, 2.75) is 19.3 Å². The summed E-state index contributed by atoms with van der Waals surface area (Å²) in [6.45, 7) is -0.208. The van der Waals surface area contributed by atoms with E-state index in [-0.39, 0.29) is 12.5 Å². The summed E-state index contributed by atoms with van der Waals surface area (Å²) in [5.74, 6) is -2.18. The summed E-state index contributed by atoms with van der Waals surface area (Å²) in [6, 6.07) is 3.32. The standard InChI is InChI=1S/C13H15F2NO2/c1-16(9-3-4-10(14)11(15)7-9)12(18)13(8-17)5-2-6-13/h3-4,7,17H,2,5-6,8H2,1H3. The van der Waals surface area contributed by atoms with E-state index in [0.717, 1.165) is 18.6 Å². The molecule has 1 N–H and O–H groups in total. The number of aliphatic hydroxyl groups excluding tert-OH is 1. The van der Waals surface area contributed by atoms with E-state index < -0.39 is 17.0 Å². The number of carbonyl (C=O) groups excluding carboxylic acids is 1. The van der Waals surface area contributed by atoms with Crippen LogP contribution in [0.3, 0.4) is 0 Å². The molecule has 0 heterocycles. The van der Waals surface area contributed by atoms with Gasteiger partial charge in [-0.15, -0.1) is 0 Å². The summed E-state index contributed by atoms with van der Waals surface area (Å²) in [5.41, 5.74) is -0.446. The van der Waals surface area contributed by atoms with E-state index in [4.69, 9.17) is 0 Å². The molecule has 1 saturated carbocycles. The lowest BCUT2D eigenvalue weighted by Gasteiger charge is -2.41. The van der Waals surface area contributed by atoms with Gasteiger partial charge in [0.2, 0.25) is 5.91 Å². The quantitative estimate of drug-likeness (QED) is 0.898. The summed E-state index contributed by atoms with van der Waals surface area (Å²) < 4.78 is 25.9. The molecule has 0 saturated heterocycles. The molecule has 2 rings (SSSR count). The number of amides is 1. The fourth-order valence-electron chi connectivity index (χ4n) is 2.21. The lowest BCUT2D eigenvalue weighted by molar-refractivity contribution is -0.136. The molecule has 18 heavy (non-hydrogen) atoms. The van der Waals surface area contributed by atoms with Gasteiger partial charge < -0.3 is 10.0 Å². The molecule has 1 aliphatic carbocycles. The molecule has 0 aromatic heterocycles. The lowest BCUT2D eigenvalue weighted by Crippen LogP contribution is -2.49. The highest BCUT2D eigenvalue weighted by Crippen LogP contribution is 2.42. The Morgan fingerprint density at radius 3 is 2.50 bits per heavy atom. The summed E-state index contributed by atoms with van der Waals surface area (Å²) in [6.07, 6.45) is 2.17. The third kappa shape index (κ3) is 1.99. The highest BCUT2D eigenvalue weighted by Gasteiger charge is 2.45. The van der Waals surface area contributed by atoms with E-state index in [2.05, 4.69) is 0 Å². The number of halogens is 2. The summed E-state index contributed by atoms with van der Waals surface area (Å²) in [4.78, 5) is 13.5. The average Bonchev–Trinajstić information content (AvgIpc) is 2.31. The van der Waals surface area contributed by atoms with Crippen LogP contribution in [0.1, 0.15) is 19.3 Å². The van der Waals surface area contributed by atoms with Gasteiger partial charge in [-0.05, 0) is 25.0 Å². The molecule has 0 spiro atoms. The van der Waals surface area contributed by atoms with E-state index in [9.17, 15) is 18.7 Å². The van der Waals surface area contributed by atoms with E-state index in [1.165, 1.54) is 18.0 Å². The molecule has 0 radical (unpaired) electrons. The molecule has 1 amide bonds. The number of hydrogen-bond donors (Lipinski definition) is 1. The molecule has 0 unspecified atom stereocenters. The minimum Gasteiger partial charge on any atom is -0.395 e. The van der Waals surface area contributed by atoms with Gasteiger partial charge in [0.25, 0.3) is 0 Å². The van der Waals surface area contributed by atoms with Gasteiger partial charge in [-0.25, -0.2) is 8.78 Å². The number of nitrogens with zero attached hydrogens (tertiary/aromatic N) is 1. The van der Waals surface area contributed by atoms with Crippen LogP contribution in [0.25, 0.3) is 0 Å². The Hall–Kier alpha value is -1.49. The molecule has 5 heteroatoms. The Bertz CT molecular complexity index is 467. The minimum absolute atomic E-state index is 0.208. The molecule has 1 aromatic rings. The Morgan fingerprint density at radius 1 is 1.39 bits per heavy atom. The largest absolute Gasteiger partial charge is 0.395 e. The molecule has 0 bridgehead atoms. The van der Waals surface area contributed by atoms with Gasteiger partial charge in [0.15, 0.2) is 11.6 Å². The first kappa shape index (κ1) is 13.0. The Labute approximate surface area is 104 Å². The number of rotatable bonds is 3. The normalized spacial score (nSPS) is 17.1. The Balaban J connectivity index is 2.22. The van der Waals surface area contributed by atoms with Gasteiger partial charge in [0.05, 0.1) is 12.0 Å². The predicted octanol–water partition coefficient (Wildman–Crippen LogP) is 2.09. The number of aliphatic hydroxyl groups is 1. The number of benzene rings is 1. The molecule has 1 aromatic carbocycles. The van der Waals surface area contributed by atoms with Crippen LogP contribution in [0.5, 0.6) is 0 Å². The smallest absolute Gasteiger partial charge is 0.235 e. The van der Waals surface area contributed by atoms with Gasteiger partial charge in [-0.3, -0.25) is 4.79 Å². The fraction of sp³-hybridized carbons (Fsp3) is 0.462. The zero-order chi connectivity index (χ0) is 13.3. The first-order valence-electron chi connectivity index (χ1n) is 5.84. The molecular formula is C13H15F2NO2. The monoisotopic (exact) mass is 255 g/mol. The molecule has 0 aliphatic heterocycles. The van der Waals surface area contributed by atoms with Crippen molar-refractivity contribution in [3.05, 3.63) is 29.8 Å². The predicted molar refractivity (Wildman–Crippen MR) is 63.1 cm³/mol. The van der Waals surface area contributed by atoms with Crippen molar-refractivity contribution in [2.24, 2.45) is 5.41 Å². The third-order valence-corrected chi connectivity index (χ3v) is 3.66. The third-order valence-electron chi connectivity index (χ3n) is 3.66. The average molecular weight is 255 g/mol. The first-order valence-corrected chi connectivity index (χ1v) is 5.84. The maximum atomic E-state index is 13.1. The molecular weight excluding hydrogens is 240 g/mol. The van der Waals surface area contributed by atoms with Crippen molar-refractivity contribution in [3.63, 3.8) is 0 Å². The first-order chi connectivity index (χ1) is 8.50. The van der Waals surface area contributed by atoms with E-state index in [1.54, 1.807) is 0 Å². The van der Waals surface area contributed by atoms with Crippen molar-refractivity contribution in [2.75, 3.05) is 18.6 Å². The second-order valence-electron chi connectivity index (χ2n) is 4.75. The van der Waals surface area contributed by atoms with Crippen LogP contribution in [0, 0.1) is 17.0 Å². The molecule has 1 fully saturated rings. The van der Waals surface area contributed by atoms with Gasteiger partial charge >= 0.3 is 0 Å². The summed E-state index contributed by atoms with van der Waals surface area (Å²) in [7, 11) is 1.50. The van der Waals surface area contributed by atoms with Crippen LogP contribution in [0.15, 0.2) is 18.2 Å². The molecule has 0 atom stereocenters. The second-order valence-corrected chi connectivity index (χ2v) is 4.75. The van der Waals surface area contributed by atoms with Crippen LogP contribution in [-0.2, 0) is 4.79 Å². The van der Waals surface area contributed by atoms with Crippen molar-refractivity contribution in [1.82, 2.24) is 0 Å². The van der Waals surface area contributed by atoms with Gasteiger partial charge in [0, 0.05) is 18.8 Å². The van der Waals surface area contributed by atoms with Gasteiger partial charge in [-0.2, -0.15) is 0 Å². The van der Waals surface area contributed by atoms with E-state index in [1.807, 2.05) is 0 Å². The highest BCUT2D eigenvalue weighted by molar-refractivity contribution is 5.97. The summed E-state index contributed by atoms with van der Waals surface area (Å²) >= 11 is 0. The number of hydrogen-bond acceptors (Lipinski definition) is 2. The van der Waals surface area contributed by atoms with Crippen LogP contribution < -0.4 is 4.90 Å². The summed E-state index contributed by atoms with van der Waals surface area (Å²) in [5, 5.41) is 9.32. The molecule has 98 valence electrons. The molecule has 1 aliphatic rings. The van der Waals surface area contributed by atoms with Crippen LogP contribution >= 0.6 is 0 Å².